The molecule has 6 nitrogen and oxygen atoms in total. The van der Waals surface area contributed by atoms with Gasteiger partial charge in [-0.1, -0.05) is 36.8 Å². The van der Waals surface area contributed by atoms with Gasteiger partial charge in [-0.25, -0.2) is 4.79 Å². The van der Waals surface area contributed by atoms with E-state index < -0.39 is 12.1 Å². The van der Waals surface area contributed by atoms with Crippen LogP contribution < -0.4 is 9.64 Å². The number of aliphatic carboxylic acids is 1. The summed E-state index contributed by atoms with van der Waals surface area (Å²) in [5, 5.41) is 7.12. The smallest absolute Gasteiger partial charge is 0.490 e. The number of carboxylic acid groups (broad SMARTS) is 1. The second-order valence-corrected chi connectivity index (χ2v) is 9.47. The van der Waals surface area contributed by atoms with Crippen LogP contribution >= 0.6 is 0 Å². The molecule has 204 valence electrons. The van der Waals surface area contributed by atoms with Crippen LogP contribution in [0.5, 0.6) is 5.75 Å². The monoisotopic (exact) mass is 521 g/mol. The molecule has 4 rings (SSSR count). The van der Waals surface area contributed by atoms with Crippen LogP contribution in [0.3, 0.4) is 0 Å². The molecule has 2 aromatic carbocycles. The molecule has 37 heavy (non-hydrogen) atoms. The van der Waals surface area contributed by atoms with Crippen molar-refractivity contribution in [2.24, 2.45) is 0 Å². The van der Waals surface area contributed by atoms with Crippen molar-refractivity contribution in [3.8, 4) is 5.75 Å². The largest absolute Gasteiger partial charge is 0.494 e. The first-order valence-corrected chi connectivity index (χ1v) is 13.1. The summed E-state index contributed by atoms with van der Waals surface area (Å²) in [6.07, 6.45) is 1.27. The molecule has 0 spiro atoms. The van der Waals surface area contributed by atoms with Gasteiger partial charge in [0.25, 0.3) is 0 Å². The summed E-state index contributed by atoms with van der Waals surface area (Å²) in [7, 11) is 0. The van der Waals surface area contributed by atoms with Gasteiger partial charge in [0.05, 0.1) is 6.61 Å². The molecule has 0 radical (unpaired) electrons. The Hall–Kier alpha value is -2.78. The summed E-state index contributed by atoms with van der Waals surface area (Å²) in [5.41, 5.74) is 2.73. The van der Waals surface area contributed by atoms with Crippen LogP contribution in [0.25, 0.3) is 0 Å². The van der Waals surface area contributed by atoms with Crippen molar-refractivity contribution in [2.45, 2.75) is 38.3 Å². The molecule has 2 aromatic rings. The fourth-order valence-corrected chi connectivity index (χ4v) is 4.61. The lowest BCUT2D eigenvalue weighted by atomic mass is 10.1. The van der Waals surface area contributed by atoms with Crippen LogP contribution in [0.4, 0.5) is 18.9 Å². The molecule has 2 aliphatic heterocycles. The molecule has 0 aromatic heterocycles. The number of halogens is 3. The average Bonchev–Trinajstić information content (AvgIpc) is 2.91. The number of anilines is 1. The van der Waals surface area contributed by atoms with Crippen molar-refractivity contribution < 1.29 is 27.8 Å². The van der Waals surface area contributed by atoms with E-state index in [0.29, 0.717) is 0 Å². The van der Waals surface area contributed by atoms with E-state index in [1.807, 2.05) is 0 Å². The number of carbonyl (C=O) groups is 1. The summed E-state index contributed by atoms with van der Waals surface area (Å²) < 4.78 is 37.8. The van der Waals surface area contributed by atoms with Crippen LogP contribution in [-0.2, 0) is 11.2 Å². The Kier molecular flexibility index (Phi) is 11.5. The van der Waals surface area contributed by atoms with Crippen LogP contribution in [-0.4, -0.2) is 86.0 Å². The third-order valence-corrected chi connectivity index (χ3v) is 6.69. The lowest BCUT2D eigenvalue weighted by Crippen LogP contribution is -2.46. The number of piperazine rings is 1. The molecule has 0 aliphatic carbocycles. The third-order valence-electron chi connectivity index (χ3n) is 6.69. The molecule has 0 bridgehead atoms. The molecule has 9 heteroatoms. The quantitative estimate of drug-likeness (QED) is 0.472. The molecule has 2 heterocycles. The van der Waals surface area contributed by atoms with E-state index in [1.165, 1.54) is 50.1 Å². The van der Waals surface area contributed by atoms with Crippen molar-refractivity contribution in [3.05, 3.63) is 60.2 Å². The number of rotatable bonds is 9. The summed E-state index contributed by atoms with van der Waals surface area (Å²) >= 11 is 0. The van der Waals surface area contributed by atoms with Gasteiger partial charge in [0.2, 0.25) is 0 Å². The molecule has 0 amide bonds. The third kappa shape index (κ3) is 10.6. The highest BCUT2D eigenvalue weighted by Crippen LogP contribution is 2.18. The highest BCUT2D eigenvalue weighted by atomic mass is 19.4. The molecule has 2 fully saturated rings. The fourth-order valence-electron chi connectivity index (χ4n) is 4.61. The minimum absolute atomic E-state index is 0.821. The zero-order valence-corrected chi connectivity index (χ0v) is 21.3. The molecule has 0 atom stereocenters. The number of piperidine rings is 1. The van der Waals surface area contributed by atoms with E-state index in [1.54, 1.807) is 0 Å². The van der Waals surface area contributed by atoms with Crippen LogP contribution in [0.15, 0.2) is 54.6 Å². The van der Waals surface area contributed by atoms with Crippen LogP contribution in [0.2, 0.25) is 0 Å². The molecule has 2 saturated heterocycles. The van der Waals surface area contributed by atoms with Gasteiger partial charge in [-0.2, -0.15) is 13.2 Å². The number of likely N-dealkylation sites (tertiary alicyclic amines) is 1. The Bertz CT molecular complexity index is 929. The van der Waals surface area contributed by atoms with E-state index in [4.69, 9.17) is 14.6 Å². The summed E-state index contributed by atoms with van der Waals surface area (Å²) in [4.78, 5) is 16.6. The average molecular weight is 522 g/mol. The van der Waals surface area contributed by atoms with Crippen LogP contribution in [0.1, 0.15) is 31.2 Å². The summed E-state index contributed by atoms with van der Waals surface area (Å²) in [6.45, 7) is 10.2. The van der Waals surface area contributed by atoms with Gasteiger partial charge in [0.1, 0.15) is 5.75 Å². The van der Waals surface area contributed by atoms with Crippen molar-refractivity contribution in [2.75, 3.05) is 63.9 Å². The number of nitrogens with zero attached hydrogens (tertiary/aromatic N) is 3. The number of para-hydroxylation sites is 1. The van der Waals surface area contributed by atoms with Gasteiger partial charge in [0.15, 0.2) is 0 Å². The highest BCUT2D eigenvalue weighted by molar-refractivity contribution is 5.73. The second-order valence-electron chi connectivity index (χ2n) is 9.47. The Morgan fingerprint density at radius 1 is 0.838 bits per heavy atom. The molecule has 2 aliphatic rings. The molecule has 1 N–H and O–H groups in total. The fraction of sp³-hybridized carbons (Fsp3) is 0.536. The zero-order chi connectivity index (χ0) is 26.5. The number of hydrogen-bond acceptors (Lipinski definition) is 5. The van der Waals surface area contributed by atoms with Crippen LogP contribution in [0, 0.1) is 0 Å². The molecular formula is C28H38F3N3O3. The second kappa shape index (κ2) is 14.8. The highest BCUT2D eigenvalue weighted by Gasteiger charge is 2.38. The van der Waals surface area contributed by atoms with Crippen molar-refractivity contribution in [1.29, 1.82) is 0 Å². The summed E-state index contributed by atoms with van der Waals surface area (Å²) in [5.74, 6) is -1.73. The minimum atomic E-state index is -5.08. The SMILES string of the molecule is O=C(O)C(F)(F)F.c1ccc(N2CCN(CCc3cccc(OCCCN4CCCCC4)c3)CC2)cc1. The van der Waals surface area contributed by atoms with E-state index in [0.717, 1.165) is 57.9 Å². The number of hydrogen-bond donors (Lipinski definition) is 1. The van der Waals surface area contributed by atoms with Gasteiger partial charge in [-0.15, -0.1) is 0 Å². The molecule has 0 saturated carbocycles. The number of ether oxygens (including phenoxy) is 1. The van der Waals surface area contributed by atoms with Crippen molar-refractivity contribution in [3.63, 3.8) is 0 Å². The first-order chi connectivity index (χ1) is 17.8. The van der Waals surface area contributed by atoms with E-state index in [2.05, 4.69) is 69.3 Å². The van der Waals surface area contributed by atoms with Gasteiger partial charge in [0, 0.05) is 45.0 Å². The zero-order valence-electron chi connectivity index (χ0n) is 21.3. The first-order valence-electron chi connectivity index (χ1n) is 13.1. The Morgan fingerprint density at radius 3 is 2.14 bits per heavy atom. The summed E-state index contributed by atoms with van der Waals surface area (Å²) in [6, 6.07) is 19.5. The molecule has 0 unspecified atom stereocenters. The minimum Gasteiger partial charge on any atom is -0.494 e. The predicted molar refractivity (Wildman–Crippen MR) is 139 cm³/mol. The van der Waals surface area contributed by atoms with E-state index >= 15 is 0 Å². The maximum absolute atomic E-state index is 10.6. The lowest BCUT2D eigenvalue weighted by Gasteiger charge is -2.36. The van der Waals surface area contributed by atoms with Gasteiger partial charge < -0.3 is 19.6 Å². The standard InChI is InChI=1S/C26H37N3O.C2HF3O2/c1-3-10-25(11-4-1)29-20-18-28(19-21-29)17-13-24-9-7-12-26(23-24)30-22-8-16-27-14-5-2-6-15-27;3-2(4,5)1(6)7/h1,3-4,7,9-12,23H,2,5-6,8,13-22H2;(H,6,7). The Balaban J connectivity index is 0.000000479. The maximum atomic E-state index is 10.6. The maximum Gasteiger partial charge on any atom is 0.490 e. The van der Waals surface area contributed by atoms with Gasteiger partial charge >= 0.3 is 12.1 Å². The number of alkyl halides is 3. The Labute approximate surface area is 217 Å². The topological polar surface area (TPSA) is 56.3 Å². The van der Waals surface area contributed by atoms with Crippen molar-refractivity contribution in [1.82, 2.24) is 9.80 Å². The van der Waals surface area contributed by atoms with Crippen molar-refractivity contribution >= 4 is 11.7 Å². The Morgan fingerprint density at radius 2 is 1.49 bits per heavy atom. The van der Waals surface area contributed by atoms with Gasteiger partial charge in [-0.3, -0.25) is 4.90 Å². The number of benzene rings is 2. The lowest BCUT2D eigenvalue weighted by molar-refractivity contribution is -0.192. The molecular weight excluding hydrogens is 483 g/mol. The van der Waals surface area contributed by atoms with E-state index in [9.17, 15) is 13.2 Å². The predicted octanol–water partition coefficient (Wildman–Crippen LogP) is 4.94. The number of carboxylic acids is 1. The first kappa shape index (κ1) is 28.8. The van der Waals surface area contributed by atoms with Gasteiger partial charge in [-0.05, 0) is 68.6 Å². The van der Waals surface area contributed by atoms with E-state index in [-0.39, 0.29) is 0 Å². The normalized spacial score (nSPS) is 17.1.